The molecular formula is C15H25N3O8. The number of hydrogen-bond donors (Lipinski definition) is 5. The molecule has 0 aliphatic carbocycles. The van der Waals surface area contributed by atoms with Gasteiger partial charge in [-0.1, -0.05) is 6.42 Å². The highest BCUT2D eigenvalue weighted by molar-refractivity contribution is 5.73. The molecule has 26 heavy (non-hydrogen) atoms. The summed E-state index contributed by atoms with van der Waals surface area (Å²) in [7, 11) is 0. The topological polar surface area (TPSA) is 168 Å². The summed E-state index contributed by atoms with van der Waals surface area (Å²) in [5.74, 6) is -4.47. The monoisotopic (exact) mass is 375 g/mol. The van der Waals surface area contributed by atoms with Crippen molar-refractivity contribution < 1.29 is 39.6 Å². The zero-order chi connectivity index (χ0) is 19.7. The van der Waals surface area contributed by atoms with E-state index in [1.807, 2.05) is 0 Å². The number of carboxylic acid groups (broad SMARTS) is 4. The molecule has 11 nitrogen and oxygen atoms in total. The summed E-state index contributed by atoms with van der Waals surface area (Å²) in [5, 5.41) is 38.8. The number of hydrogen-bond acceptors (Lipinski definition) is 7. The van der Waals surface area contributed by atoms with Crippen LogP contribution in [0.3, 0.4) is 0 Å². The summed E-state index contributed by atoms with van der Waals surface area (Å²) < 4.78 is 0. The number of nitrogens with zero attached hydrogens (tertiary/aromatic N) is 2. The summed E-state index contributed by atoms with van der Waals surface area (Å²) in [5.41, 5.74) is 0. The average Bonchev–Trinajstić information content (AvgIpc) is 2.44. The van der Waals surface area contributed by atoms with Gasteiger partial charge >= 0.3 is 23.9 Å². The van der Waals surface area contributed by atoms with Crippen LogP contribution in [0.25, 0.3) is 0 Å². The van der Waals surface area contributed by atoms with Crippen LogP contribution in [0.4, 0.5) is 0 Å². The van der Waals surface area contributed by atoms with Gasteiger partial charge in [0.15, 0.2) is 0 Å². The molecule has 0 radical (unpaired) electrons. The maximum atomic E-state index is 10.9. The van der Waals surface area contributed by atoms with Crippen LogP contribution in [0.1, 0.15) is 19.3 Å². The Bertz CT molecular complexity index is 451. The predicted octanol–water partition coefficient (Wildman–Crippen LogP) is -1.56. The van der Waals surface area contributed by atoms with Gasteiger partial charge in [-0.25, -0.2) is 0 Å². The highest BCUT2D eigenvalue weighted by atomic mass is 16.4. The molecule has 1 heterocycles. The SMILES string of the molecule is O=C(O)CN(CC(=O)O)CC1CCCC(CN(CC(=O)O)CC(=O)O)N1. The van der Waals surface area contributed by atoms with Crippen LogP contribution in [-0.2, 0) is 19.2 Å². The summed E-state index contributed by atoms with van der Waals surface area (Å²) in [6.07, 6.45) is 2.25. The van der Waals surface area contributed by atoms with Crippen molar-refractivity contribution in [2.75, 3.05) is 39.3 Å². The van der Waals surface area contributed by atoms with E-state index in [4.69, 9.17) is 20.4 Å². The Hall–Kier alpha value is -2.24. The van der Waals surface area contributed by atoms with Crippen molar-refractivity contribution >= 4 is 23.9 Å². The van der Waals surface area contributed by atoms with Gasteiger partial charge in [-0.3, -0.25) is 29.0 Å². The van der Waals surface area contributed by atoms with E-state index in [2.05, 4.69) is 5.32 Å². The van der Waals surface area contributed by atoms with E-state index >= 15 is 0 Å². The second kappa shape index (κ2) is 10.7. The number of carbonyl (C=O) groups is 4. The van der Waals surface area contributed by atoms with Crippen molar-refractivity contribution in [2.45, 2.75) is 31.3 Å². The molecule has 11 heteroatoms. The highest BCUT2D eigenvalue weighted by Crippen LogP contribution is 2.15. The lowest BCUT2D eigenvalue weighted by atomic mass is 9.97. The first-order valence-electron chi connectivity index (χ1n) is 8.23. The molecule has 5 N–H and O–H groups in total. The lowest BCUT2D eigenvalue weighted by Gasteiger charge is -2.35. The molecule has 0 spiro atoms. The molecule has 1 saturated heterocycles. The van der Waals surface area contributed by atoms with Gasteiger partial charge in [-0.2, -0.15) is 0 Å². The van der Waals surface area contributed by atoms with Gasteiger partial charge in [0.05, 0.1) is 26.2 Å². The van der Waals surface area contributed by atoms with E-state index in [1.165, 1.54) is 9.80 Å². The average molecular weight is 375 g/mol. The molecule has 0 aromatic heterocycles. The second-order valence-electron chi connectivity index (χ2n) is 6.41. The van der Waals surface area contributed by atoms with Crippen LogP contribution in [0.5, 0.6) is 0 Å². The third kappa shape index (κ3) is 9.30. The van der Waals surface area contributed by atoms with E-state index in [1.54, 1.807) is 0 Å². The summed E-state index contributed by atoms with van der Waals surface area (Å²) >= 11 is 0. The summed E-state index contributed by atoms with van der Waals surface area (Å²) in [6.45, 7) is -1.10. The fourth-order valence-corrected chi connectivity index (χ4v) is 3.16. The molecule has 0 aromatic rings. The van der Waals surface area contributed by atoms with Gasteiger partial charge in [0.2, 0.25) is 0 Å². The molecule has 0 aromatic carbocycles. The lowest BCUT2D eigenvalue weighted by Crippen LogP contribution is -2.54. The zero-order valence-electron chi connectivity index (χ0n) is 14.3. The Kier molecular flexibility index (Phi) is 8.96. The van der Waals surface area contributed by atoms with E-state index < -0.39 is 23.9 Å². The fraction of sp³-hybridized carbons (Fsp3) is 0.733. The minimum absolute atomic E-state index is 0.149. The van der Waals surface area contributed by atoms with Crippen molar-refractivity contribution in [1.29, 1.82) is 0 Å². The maximum absolute atomic E-state index is 10.9. The second-order valence-corrected chi connectivity index (χ2v) is 6.41. The van der Waals surface area contributed by atoms with Crippen LogP contribution in [0.15, 0.2) is 0 Å². The molecule has 2 atom stereocenters. The molecule has 1 rings (SSSR count). The molecule has 148 valence electrons. The molecular weight excluding hydrogens is 350 g/mol. The predicted molar refractivity (Wildman–Crippen MR) is 88.0 cm³/mol. The Morgan fingerprint density at radius 1 is 0.692 bits per heavy atom. The van der Waals surface area contributed by atoms with Crippen LogP contribution in [-0.4, -0.2) is 105 Å². The van der Waals surface area contributed by atoms with Gasteiger partial charge in [-0.15, -0.1) is 0 Å². The first-order valence-corrected chi connectivity index (χ1v) is 8.23. The minimum Gasteiger partial charge on any atom is -0.480 e. The molecule has 1 aliphatic rings. The minimum atomic E-state index is -1.12. The van der Waals surface area contributed by atoms with Crippen LogP contribution in [0.2, 0.25) is 0 Å². The van der Waals surface area contributed by atoms with Crippen molar-refractivity contribution in [2.24, 2.45) is 0 Å². The molecule has 0 saturated carbocycles. The number of carboxylic acids is 4. The van der Waals surface area contributed by atoms with Crippen molar-refractivity contribution in [3.63, 3.8) is 0 Å². The lowest BCUT2D eigenvalue weighted by molar-refractivity contribution is -0.143. The van der Waals surface area contributed by atoms with Gasteiger partial charge in [0.25, 0.3) is 0 Å². The normalized spacial score (nSPS) is 20.2. The summed E-state index contributed by atoms with van der Waals surface area (Å²) in [4.78, 5) is 46.1. The molecule has 1 aliphatic heterocycles. The Morgan fingerprint density at radius 3 is 1.27 bits per heavy atom. The van der Waals surface area contributed by atoms with Gasteiger partial charge in [0, 0.05) is 25.2 Å². The van der Waals surface area contributed by atoms with Crippen molar-refractivity contribution in [1.82, 2.24) is 15.1 Å². The molecule has 0 bridgehead atoms. The maximum Gasteiger partial charge on any atom is 0.317 e. The van der Waals surface area contributed by atoms with E-state index in [9.17, 15) is 19.2 Å². The third-order valence-electron chi connectivity index (χ3n) is 3.97. The van der Waals surface area contributed by atoms with E-state index in [0.29, 0.717) is 0 Å². The number of rotatable bonds is 12. The van der Waals surface area contributed by atoms with Crippen LogP contribution >= 0.6 is 0 Å². The van der Waals surface area contributed by atoms with Crippen LogP contribution in [0, 0.1) is 0 Å². The third-order valence-corrected chi connectivity index (χ3v) is 3.97. The Morgan fingerprint density at radius 2 is 1.00 bits per heavy atom. The number of piperidine rings is 1. The fourth-order valence-electron chi connectivity index (χ4n) is 3.16. The smallest absolute Gasteiger partial charge is 0.317 e. The van der Waals surface area contributed by atoms with E-state index in [-0.39, 0.29) is 51.4 Å². The van der Waals surface area contributed by atoms with Crippen LogP contribution < -0.4 is 5.32 Å². The largest absolute Gasteiger partial charge is 0.480 e. The first-order chi connectivity index (χ1) is 12.2. The quantitative estimate of drug-likeness (QED) is 0.267. The molecule has 0 amide bonds. The standard InChI is InChI=1S/C15H25N3O8/c19-12(20)6-17(7-13(21)22)4-10-2-1-3-11(16-10)5-18(8-14(23)24)9-15(25)26/h10-11,16H,1-9H2,(H,19,20)(H,21,22)(H,23,24)(H,25,26). The molecule has 2 unspecified atom stereocenters. The highest BCUT2D eigenvalue weighted by Gasteiger charge is 2.27. The van der Waals surface area contributed by atoms with Gasteiger partial charge in [0.1, 0.15) is 0 Å². The van der Waals surface area contributed by atoms with Gasteiger partial charge < -0.3 is 25.7 Å². The summed E-state index contributed by atoms with van der Waals surface area (Å²) in [6, 6.07) is -0.298. The number of nitrogens with one attached hydrogen (secondary N) is 1. The Labute approximate surface area is 150 Å². The van der Waals surface area contributed by atoms with Crippen molar-refractivity contribution in [3.05, 3.63) is 0 Å². The molecule has 1 fully saturated rings. The van der Waals surface area contributed by atoms with Gasteiger partial charge in [-0.05, 0) is 12.8 Å². The number of aliphatic carboxylic acids is 4. The van der Waals surface area contributed by atoms with E-state index in [0.717, 1.165) is 19.3 Å². The Balaban J connectivity index is 2.62. The first kappa shape index (κ1) is 21.8. The zero-order valence-corrected chi connectivity index (χ0v) is 14.3. The van der Waals surface area contributed by atoms with Crippen molar-refractivity contribution in [3.8, 4) is 0 Å².